The van der Waals surface area contributed by atoms with E-state index in [1.54, 1.807) is 24.3 Å². The highest BCUT2D eigenvalue weighted by molar-refractivity contribution is 7.20. The molecule has 4 aromatic rings. The van der Waals surface area contributed by atoms with E-state index >= 15 is 0 Å². The fraction of sp³-hybridized carbons (Fsp3) is 0.100. The minimum absolute atomic E-state index is 0.0567. The van der Waals surface area contributed by atoms with Gasteiger partial charge in [-0.3, -0.25) is 9.59 Å². The van der Waals surface area contributed by atoms with Crippen LogP contribution in [0.15, 0.2) is 52.1 Å². The summed E-state index contributed by atoms with van der Waals surface area (Å²) in [4.78, 5) is 45.3. The van der Waals surface area contributed by atoms with Crippen molar-refractivity contribution in [1.29, 1.82) is 0 Å². The number of carbonyl (C=O) groups excluding carboxylic acids is 1. The molecule has 0 radical (unpaired) electrons. The monoisotopic (exact) mass is 458 g/mol. The van der Waals surface area contributed by atoms with Crippen LogP contribution in [0.1, 0.15) is 9.67 Å². The first kappa shape index (κ1) is 20.6. The van der Waals surface area contributed by atoms with Crippen LogP contribution in [0.4, 0.5) is 5.69 Å². The first-order valence-electron chi connectivity index (χ1n) is 8.87. The van der Waals surface area contributed by atoms with Crippen LogP contribution in [-0.2, 0) is 0 Å². The molecule has 0 unspecified atom stereocenters. The SMILES string of the molecule is COc1ccc(-n2c(=O)[nH]c3cc(C(=O)Nc4ccccc4Cl)sc3c2=O)nc1OC. The standard InChI is InChI=1S/C20H15ClN4O5S/c1-29-13-7-8-15(24-18(13)30-2)25-19(27)16-12(23-20(25)28)9-14(31-16)17(26)22-11-6-4-3-5-10(11)21/h3-9H,1-2H3,(H,22,26)(H,23,28). The Morgan fingerprint density at radius 1 is 1.16 bits per heavy atom. The van der Waals surface area contributed by atoms with E-state index in [2.05, 4.69) is 15.3 Å². The summed E-state index contributed by atoms with van der Waals surface area (Å²) >= 11 is 7.03. The average molecular weight is 459 g/mol. The molecule has 3 aromatic heterocycles. The smallest absolute Gasteiger partial charge is 0.334 e. The number of carbonyl (C=O) groups is 1. The number of fused-ring (bicyclic) bond motifs is 1. The number of nitrogens with one attached hydrogen (secondary N) is 2. The number of amides is 1. The second-order valence-electron chi connectivity index (χ2n) is 6.24. The molecule has 1 aromatic carbocycles. The fourth-order valence-electron chi connectivity index (χ4n) is 2.92. The summed E-state index contributed by atoms with van der Waals surface area (Å²) in [5, 5.41) is 3.07. The summed E-state index contributed by atoms with van der Waals surface area (Å²) in [7, 11) is 2.85. The fourth-order valence-corrected chi connectivity index (χ4v) is 4.04. The molecule has 9 nitrogen and oxygen atoms in total. The second kappa shape index (κ2) is 8.25. The number of pyridine rings is 1. The van der Waals surface area contributed by atoms with Gasteiger partial charge in [0.1, 0.15) is 10.5 Å². The summed E-state index contributed by atoms with van der Waals surface area (Å²) < 4.78 is 11.3. The van der Waals surface area contributed by atoms with Crippen molar-refractivity contribution in [3.8, 4) is 17.4 Å². The largest absolute Gasteiger partial charge is 0.491 e. The van der Waals surface area contributed by atoms with Crippen LogP contribution in [0.2, 0.25) is 5.02 Å². The van der Waals surface area contributed by atoms with Crippen molar-refractivity contribution < 1.29 is 14.3 Å². The molecule has 0 aliphatic heterocycles. The molecule has 2 N–H and O–H groups in total. The highest BCUT2D eigenvalue weighted by Gasteiger charge is 2.18. The zero-order chi connectivity index (χ0) is 22.1. The van der Waals surface area contributed by atoms with Crippen LogP contribution in [0.3, 0.4) is 0 Å². The van der Waals surface area contributed by atoms with E-state index in [9.17, 15) is 14.4 Å². The van der Waals surface area contributed by atoms with E-state index in [0.717, 1.165) is 15.9 Å². The summed E-state index contributed by atoms with van der Waals surface area (Å²) in [5.41, 5.74) is -0.624. The Morgan fingerprint density at radius 2 is 1.94 bits per heavy atom. The van der Waals surface area contributed by atoms with Crippen molar-refractivity contribution in [2.75, 3.05) is 19.5 Å². The number of aromatic nitrogens is 3. The molecule has 0 saturated carbocycles. The quantitative estimate of drug-likeness (QED) is 0.475. The first-order valence-corrected chi connectivity index (χ1v) is 10.1. The van der Waals surface area contributed by atoms with Crippen molar-refractivity contribution in [2.45, 2.75) is 0 Å². The molecule has 0 spiro atoms. The third-order valence-corrected chi connectivity index (χ3v) is 5.82. The highest BCUT2D eigenvalue weighted by atomic mass is 35.5. The number of ether oxygens (including phenoxy) is 2. The number of methoxy groups -OCH3 is 2. The molecule has 0 fully saturated rings. The van der Waals surface area contributed by atoms with Crippen LogP contribution in [0.5, 0.6) is 11.6 Å². The van der Waals surface area contributed by atoms with Gasteiger partial charge in [0, 0.05) is 0 Å². The number of benzene rings is 1. The number of thiophene rings is 1. The zero-order valence-electron chi connectivity index (χ0n) is 16.3. The van der Waals surface area contributed by atoms with Crippen LogP contribution in [-0.4, -0.2) is 34.7 Å². The number of nitrogens with zero attached hydrogens (tertiary/aromatic N) is 2. The van der Waals surface area contributed by atoms with E-state index in [0.29, 0.717) is 16.5 Å². The van der Waals surface area contributed by atoms with E-state index < -0.39 is 17.2 Å². The molecule has 3 heterocycles. The summed E-state index contributed by atoms with van der Waals surface area (Å²) in [6, 6.07) is 11.2. The van der Waals surface area contributed by atoms with Gasteiger partial charge in [0.15, 0.2) is 5.75 Å². The predicted molar refractivity (Wildman–Crippen MR) is 118 cm³/mol. The molecule has 0 atom stereocenters. The number of para-hydroxylation sites is 1. The third-order valence-electron chi connectivity index (χ3n) is 4.37. The minimum atomic E-state index is -0.701. The second-order valence-corrected chi connectivity index (χ2v) is 7.70. The Bertz CT molecular complexity index is 1430. The average Bonchev–Trinajstić information content (AvgIpc) is 3.19. The number of halogens is 1. The van der Waals surface area contributed by atoms with Crippen molar-refractivity contribution in [3.05, 3.63) is 73.2 Å². The van der Waals surface area contributed by atoms with Gasteiger partial charge in [-0.2, -0.15) is 4.98 Å². The molecular formula is C20H15ClN4O5S. The lowest BCUT2D eigenvalue weighted by Gasteiger charge is -2.09. The molecule has 158 valence electrons. The lowest BCUT2D eigenvalue weighted by Crippen LogP contribution is -2.33. The van der Waals surface area contributed by atoms with Gasteiger partial charge >= 0.3 is 5.69 Å². The van der Waals surface area contributed by atoms with Crippen LogP contribution in [0.25, 0.3) is 16.0 Å². The van der Waals surface area contributed by atoms with Gasteiger partial charge in [-0.25, -0.2) is 9.36 Å². The van der Waals surface area contributed by atoms with E-state index in [4.69, 9.17) is 21.1 Å². The summed E-state index contributed by atoms with van der Waals surface area (Å²) in [6.45, 7) is 0. The van der Waals surface area contributed by atoms with Gasteiger partial charge in [0.25, 0.3) is 17.3 Å². The number of rotatable bonds is 5. The predicted octanol–water partition coefficient (Wildman–Crippen LogP) is 3.06. The van der Waals surface area contributed by atoms with Gasteiger partial charge in [-0.1, -0.05) is 23.7 Å². The highest BCUT2D eigenvalue weighted by Crippen LogP contribution is 2.26. The minimum Gasteiger partial charge on any atom is -0.491 e. The topological polar surface area (TPSA) is 115 Å². The molecule has 0 bridgehead atoms. The van der Waals surface area contributed by atoms with Gasteiger partial charge < -0.3 is 19.8 Å². The van der Waals surface area contributed by atoms with E-state index in [1.807, 2.05) is 0 Å². The summed E-state index contributed by atoms with van der Waals surface area (Å²) in [6.07, 6.45) is 0. The van der Waals surface area contributed by atoms with Crippen molar-refractivity contribution in [1.82, 2.24) is 14.5 Å². The molecule has 0 saturated heterocycles. The van der Waals surface area contributed by atoms with Crippen molar-refractivity contribution in [2.24, 2.45) is 0 Å². The number of aromatic amines is 1. The normalized spacial score (nSPS) is 10.8. The molecule has 4 rings (SSSR count). The van der Waals surface area contributed by atoms with Gasteiger partial charge in [-0.15, -0.1) is 11.3 Å². The number of hydrogen-bond acceptors (Lipinski definition) is 7. The maximum atomic E-state index is 13.0. The molecule has 1 amide bonds. The molecule has 31 heavy (non-hydrogen) atoms. The first-order chi connectivity index (χ1) is 14.9. The molecule has 0 aliphatic carbocycles. The zero-order valence-corrected chi connectivity index (χ0v) is 17.8. The van der Waals surface area contributed by atoms with E-state index in [1.165, 1.54) is 32.4 Å². The maximum Gasteiger partial charge on any atom is 0.334 e. The summed E-state index contributed by atoms with van der Waals surface area (Å²) in [5.74, 6) is 0.0791. The Labute approximate surface area is 183 Å². The Kier molecular flexibility index (Phi) is 5.49. The number of H-pyrrole nitrogens is 1. The van der Waals surface area contributed by atoms with Crippen LogP contribution < -0.4 is 26.0 Å². The maximum absolute atomic E-state index is 13.0. The van der Waals surface area contributed by atoms with Gasteiger partial charge in [0.05, 0.1) is 35.3 Å². The van der Waals surface area contributed by atoms with E-state index in [-0.39, 0.29) is 26.8 Å². The lowest BCUT2D eigenvalue weighted by atomic mass is 10.3. The van der Waals surface area contributed by atoms with Crippen molar-refractivity contribution in [3.63, 3.8) is 0 Å². The van der Waals surface area contributed by atoms with Gasteiger partial charge in [0.2, 0.25) is 0 Å². The Balaban J connectivity index is 1.78. The van der Waals surface area contributed by atoms with Crippen LogP contribution in [0, 0.1) is 0 Å². The van der Waals surface area contributed by atoms with Gasteiger partial charge in [-0.05, 0) is 30.3 Å². The molecule has 11 heteroatoms. The molecular weight excluding hydrogens is 444 g/mol. The van der Waals surface area contributed by atoms with Crippen molar-refractivity contribution >= 4 is 44.7 Å². The number of hydrogen-bond donors (Lipinski definition) is 2. The Hall–Kier alpha value is -3.63. The van der Waals surface area contributed by atoms with Crippen LogP contribution >= 0.6 is 22.9 Å². The lowest BCUT2D eigenvalue weighted by molar-refractivity contribution is 0.103. The third kappa shape index (κ3) is 3.78. The Morgan fingerprint density at radius 3 is 2.65 bits per heavy atom. The molecule has 0 aliphatic rings. The number of anilines is 1.